The fourth-order valence-electron chi connectivity index (χ4n) is 1.03. The quantitative estimate of drug-likeness (QED) is 0.552. The Balaban J connectivity index is 3.33. The van der Waals surface area contributed by atoms with Crippen LogP contribution in [-0.2, 0) is 9.47 Å². The minimum Gasteiger partial charge on any atom is -0.381 e. The average Bonchev–Trinajstić information content (AvgIpc) is 1.98. The van der Waals surface area contributed by atoms with Crippen LogP contribution in [0.2, 0.25) is 0 Å². The zero-order valence-electron chi connectivity index (χ0n) is 8.85. The Morgan fingerprint density at radius 2 is 1.75 bits per heavy atom. The van der Waals surface area contributed by atoms with Crippen molar-refractivity contribution >= 4 is 0 Å². The van der Waals surface area contributed by atoms with E-state index in [2.05, 4.69) is 20.8 Å². The molecule has 0 bridgehead atoms. The molecule has 0 rings (SSSR count). The first-order chi connectivity index (χ1) is 5.62. The van der Waals surface area contributed by atoms with Gasteiger partial charge in [-0.15, -0.1) is 0 Å². The van der Waals surface area contributed by atoms with E-state index in [0.717, 1.165) is 32.7 Å². The lowest BCUT2D eigenvalue weighted by Crippen LogP contribution is -2.26. The molecule has 0 aromatic heterocycles. The van der Waals surface area contributed by atoms with E-state index in [-0.39, 0.29) is 5.60 Å². The van der Waals surface area contributed by atoms with E-state index in [1.807, 2.05) is 6.92 Å². The van der Waals surface area contributed by atoms with E-state index in [1.54, 1.807) is 0 Å². The maximum Gasteiger partial charge on any atom is 0.0648 e. The topological polar surface area (TPSA) is 18.5 Å². The van der Waals surface area contributed by atoms with E-state index >= 15 is 0 Å². The molecule has 0 unspecified atom stereocenters. The third-order valence-corrected chi connectivity index (χ3v) is 1.73. The SMILES string of the molecule is CCCOCCC(C)(C)OCC. The van der Waals surface area contributed by atoms with Crippen LogP contribution in [0.1, 0.15) is 40.5 Å². The summed E-state index contributed by atoms with van der Waals surface area (Å²) in [7, 11) is 0. The predicted octanol–water partition coefficient (Wildman–Crippen LogP) is 2.62. The Morgan fingerprint density at radius 3 is 2.25 bits per heavy atom. The summed E-state index contributed by atoms with van der Waals surface area (Å²) in [6.07, 6.45) is 2.07. The van der Waals surface area contributed by atoms with Crippen LogP contribution < -0.4 is 0 Å². The van der Waals surface area contributed by atoms with Gasteiger partial charge in [0, 0.05) is 19.8 Å². The second kappa shape index (κ2) is 6.44. The van der Waals surface area contributed by atoms with Crippen LogP contribution >= 0.6 is 0 Å². The monoisotopic (exact) mass is 174 g/mol. The lowest BCUT2D eigenvalue weighted by atomic mass is 10.1. The third kappa shape index (κ3) is 6.62. The first-order valence-electron chi connectivity index (χ1n) is 4.84. The van der Waals surface area contributed by atoms with E-state index in [1.165, 1.54) is 0 Å². The fraction of sp³-hybridized carbons (Fsp3) is 1.00. The van der Waals surface area contributed by atoms with E-state index in [4.69, 9.17) is 9.47 Å². The molecule has 0 aromatic carbocycles. The molecule has 0 heterocycles. The van der Waals surface area contributed by atoms with Gasteiger partial charge in [0.05, 0.1) is 5.60 Å². The van der Waals surface area contributed by atoms with Crippen molar-refractivity contribution in [3.05, 3.63) is 0 Å². The molecular formula is C10H22O2. The van der Waals surface area contributed by atoms with E-state index in [9.17, 15) is 0 Å². The number of rotatable bonds is 7. The van der Waals surface area contributed by atoms with Crippen LogP contribution in [0.3, 0.4) is 0 Å². The summed E-state index contributed by atoms with van der Waals surface area (Å²) >= 11 is 0. The van der Waals surface area contributed by atoms with Gasteiger partial charge in [-0.25, -0.2) is 0 Å². The maximum atomic E-state index is 5.53. The van der Waals surface area contributed by atoms with E-state index < -0.39 is 0 Å². The van der Waals surface area contributed by atoms with Crippen LogP contribution in [0, 0.1) is 0 Å². The highest BCUT2D eigenvalue weighted by molar-refractivity contribution is 4.67. The number of hydrogen-bond donors (Lipinski definition) is 0. The molecule has 0 atom stereocenters. The molecule has 0 saturated carbocycles. The molecule has 0 aliphatic carbocycles. The zero-order valence-corrected chi connectivity index (χ0v) is 8.85. The van der Waals surface area contributed by atoms with Crippen molar-refractivity contribution in [2.24, 2.45) is 0 Å². The molecule has 12 heavy (non-hydrogen) atoms. The Morgan fingerprint density at radius 1 is 1.08 bits per heavy atom. The molecule has 0 saturated heterocycles. The second-order valence-electron chi connectivity index (χ2n) is 3.56. The van der Waals surface area contributed by atoms with Crippen molar-refractivity contribution in [2.45, 2.75) is 46.1 Å². The molecule has 0 amide bonds. The summed E-state index contributed by atoms with van der Waals surface area (Å²) in [5, 5.41) is 0. The summed E-state index contributed by atoms with van der Waals surface area (Å²) in [6, 6.07) is 0. The van der Waals surface area contributed by atoms with Crippen molar-refractivity contribution in [3.8, 4) is 0 Å². The van der Waals surface area contributed by atoms with Gasteiger partial charge < -0.3 is 9.47 Å². The Kier molecular flexibility index (Phi) is 6.39. The molecule has 0 aromatic rings. The van der Waals surface area contributed by atoms with Crippen LogP contribution in [0.5, 0.6) is 0 Å². The predicted molar refractivity (Wildman–Crippen MR) is 51.4 cm³/mol. The smallest absolute Gasteiger partial charge is 0.0648 e. The highest BCUT2D eigenvalue weighted by Crippen LogP contribution is 2.13. The minimum atomic E-state index is -0.0253. The van der Waals surface area contributed by atoms with Gasteiger partial charge in [-0.05, 0) is 33.6 Å². The lowest BCUT2D eigenvalue weighted by molar-refractivity contribution is -0.0347. The molecule has 74 valence electrons. The number of ether oxygens (including phenoxy) is 2. The normalized spacial score (nSPS) is 12.0. The maximum absolute atomic E-state index is 5.53. The largest absolute Gasteiger partial charge is 0.381 e. The first kappa shape index (κ1) is 11.9. The summed E-state index contributed by atoms with van der Waals surface area (Å²) in [5.74, 6) is 0. The third-order valence-electron chi connectivity index (χ3n) is 1.73. The van der Waals surface area contributed by atoms with Gasteiger partial charge in [0.2, 0.25) is 0 Å². The minimum absolute atomic E-state index is 0.0253. The molecular weight excluding hydrogens is 152 g/mol. The standard InChI is InChI=1S/C10H22O2/c1-5-8-11-9-7-10(3,4)12-6-2/h5-9H2,1-4H3. The lowest BCUT2D eigenvalue weighted by Gasteiger charge is -2.24. The van der Waals surface area contributed by atoms with Crippen LogP contribution in [-0.4, -0.2) is 25.4 Å². The second-order valence-corrected chi connectivity index (χ2v) is 3.56. The Hall–Kier alpha value is -0.0800. The highest BCUT2D eigenvalue weighted by atomic mass is 16.5. The van der Waals surface area contributed by atoms with Crippen molar-refractivity contribution < 1.29 is 9.47 Å². The Bertz CT molecular complexity index is 100. The van der Waals surface area contributed by atoms with Gasteiger partial charge in [0.1, 0.15) is 0 Å². The van der Waals surface area contributed by atoms with Gasteiger partial charge in [-0.1, -0.05) is 6.92 Å². The van der Waals surface area contributed by atoms with Gasteiger partial charge in [-0.3, -0.25) is 0 Å². The fourth-order valence-corrected chi connectivity index (χ4v) is 1.03. The molecule has 0 spiro atoms. The van der Waals surface area contributed by atoms with Crippen molar-refractivity contribution in [3.63, 3.8) is 0 Å². The van der Waals surface area contributed by atoms with Gasteiger partial charge in [-0.2, -0.15) is 0 Å². The molecule has 0 N–H and O–H groups in total. The Labute approximate surface area is 76.3 Å². The van der Waals surface area contributed by atoms with Crippen molar-refractivity contribution in [1.29, 1.82) is 0 Å². The average molecular weight is 174 g/mol. The molecule has 0 radical (unpaired) electrons. The van der Waals surface area contributed by atoms with Crippen LogP contribution in [0.4, 0.5) is 0 Å². The number of hydrogen-bond acceptors (Lipinski definition) is 2. The molecule has 2 heteroatoms. The zero-order chi connectivity index (χ0) is 9.45. The van der Waals surface area contributed by atoms with Gasteiger partial charge in [0.25, 0.3) is 0 Å². The van der Waals surface area contributed by atoms with Crippen molar-refractivity contribution in [1.82, 2.24) is 0 Å². The highest BCUT2D eigenvalue weighted by Gasteiger charge is 2.16. The van der Waals surface area contributed by atoms with Crippen molar-refractivity contribution in [2.75, 3.05) is 19.8 Å². The summed E-state index contributed by atoms with van der Waals surface area (Å²) in [5.41, 5.74) is -0.0253. The summed E-state index contributed by atoms with van der Waals surface area (Å²) < 4.78 is 10.9. The van der Waals surface area contributed by atoms with Crippen LogP contribution in [0.25, 0.3) is 0 Å². The van der Waals surface area contributed by atoms with Crippen LogP contribution in [0.15, 0.2) is 0 Å². The first-order valence-corrected chi connectivity index (χ1v) is 4.84. The van der Waals surface area contributed by atoms with Gasteiger partial charge in [0.15, 0.2) is 0 Å². The molecule has 2 nitrogen and oxygen atoms in total. The molecule has 0 aliphatic heterocycles. The summed E-state index contributed by atoms with van der Waals surface area (Å²) in [6.45, 7) is 10.8. The van der Waals surface area contributed by atoms with Gasteiger partial charge >= 0.3 is 0 Å². The molecule has 0 fully saturated rings. The van der Waals surface area contributed by atoms with E-state index in [0.29, 0.717) is 0 Å². The molecule has 0 aliphatic rings. The summed E-state index contributed by atoms with van der Waals surface area (Å²) in [4.78, 5) is 0.